The summed E-state index contributed by atoms with van der Waals surface area (Å²) in [6, 6.07) is 13.0. The third-order valence-electron chi connectivity index (χ3n) is 3.93. The fourth-order valence-electron chi connectivity index (χ4n) is 2.47. The highest BCUT2D eigenvalue weighted by Gasteiger charge is 2.29. The highest BCUT2D eigenvalue weighted by atomic mass is 32.2. The number of amides is 4. The van der Waals surface area contributed by atoms with E-state index in [2.05, 4.69) is 5.32 Å². The monoisotopic (exact) mass is 399 g/mol. The lowest BCUT2D eigenvalue weighted by atomic mass is 10.2. The maximum absolute atomic E-state index is 12.0. The number of ether oxygens (including phenoxy) is 1. The zero-order chi connectivity index (χ0) is 20.1. The van der Waals surface area contributed by atoms with E-state index >= 15 is 0 Å². The lowest BCUT2D eigenvalue weighted by molar-refractivity contribution is -0.125. The van der Waals surface area contributed by atoms with E-state index in [9.17, 15) is 19.2 Å². The largest absolute Gasteiger partial charge is 0.484 e. The van der Waals surface area contributed by atoms with Crippen molar-refractivity contribution in [3.8, 4) is 5.75 Å². The molecule has 0 aliphatic carbocycles. The first kappa shape index (κ1) is 19.4. The van der Waals surface area contributed by atoms with Gasteiger partial charge in [0.05, 0.1) is 12.3 Å². The molecule has 0 aromatic heterocycles. The van der Waals surface area contributed by atoms with Crippen LogP contribution in [-0.4, -0.2) is 40.2 Å². The van der Waals surface area contributed by atoms with Gasteiger partial charge in [-0.1, -0.05) is 23.9 Å². The van der Waals surface area contributed by atoms with Gasteiger partial charge >= 0.3 is 0 Å². The van der Waals surface area contributed by atoms with Gasteiger partial charge in [-0.15, -0.1) is 0 Å². The number of anilines is 1. The van der Waals surface area contributed by atoms with Gasteiger partial charge in [-0.05, 0) is 42.0 Å². The van der Waals surface area contributed by atoms with Gasteiger partial charge in [0.25, 0.3) is 11.1 Å². The highest BCUT2D eigenvalue weighted by molar-refractivity contribution is 8.14. The first-order valence-corrected chi connectivity index (χ1v) is 9.29. The van der Waals surface area contributed by atoms with Crippen LogP contribution in [0.25, 0.3) is 0 Å². The van der Waals surface area contributed by atoms with Crippen LogP contribution in [0, 0.1) is 0 Å². The van der Waals surface area contributed by atoms with Crippen LogP contribution >= 0.6 is 11.8 Å². The van der Waals surface area contributed by atoms with Gasteiger partial charge in [0.1, 0.15) is 5.75 Å². The van der Waals surface area contributed by atoms with E-state index in [0.29, 0.717) is 17.0 Å². The molecular weight excluding hydrogens is 382 g/mol. The van der Waals surface area contributed by atoms with Crippen LogP contribution in [0.15, 0.2) is 48.5 Å². The normalized spacial score (nSPS) is 13.5. The SMILES string of the molecule is NC(=O)c1ccc(OCC(=O)Nc2ccc(CN3C(=O)CSC3=O)cc2)cc1. The number of thioether (sulfide) groups is 1. The summed E-state index contributed by atoms with van der Waals surface area (Å²) < 4.78 is 5.36. The van der Waals surface area contributed by atoms with Gasteiger partial charge in [0.15, 0.2) is 6.61 Å². The van der Waals surface area contributed by atoms with Crippen molar-refractivity contribution in [2.45, 2.75) is 6.54 Å². The van der Waals surface area contributed by atoms with Crippen LogP contribution in [0.2, 0.25) is 0 Å². The molecule has 1 saturated heterocycles. The van der Waals surface area contributed by atoms with E-state index in [1.807, 2.05) is 0 Å². The Kier molecular flexibility index (Phi) is 5.95. The van der Waals surface area contributed by atoms with Crippen LogP contribution in [0.4, 0.5) is 10.5 Å². The van der Waals surface area contributed by atoms with Crippen molar-refractivity contribution < 1.29 is 23.9 Å². The van der Waals surface area contributed by atoms with Crippen LogP contribution in [-0.2, 0) is 16.1 Å². The average molecular weight is 399 g/mol. The number of rotatable bonds is 7. The second kappa shape index (κ2) is 8.57. The highest BCUT2D eigenvalue weighted by Crippen LogP contribution is 2.22. The van der Waals surface area contributed by atoms with Gasteiger partial charge in [-0.3, -0.25) is 24.1 Å². The lowest BCUT2D eigenvalue weighted by Crippen LogP contribution is -2.27. The molecule has 1 aliphatic rings. The molecule has 0 radical (unpaired) electrons. The molecule has 1 aliphatic heterocycles. The molecule has 2 aromatic carbocycles. The van der Waals surface area contributed by atoms with Crippen molar-refractivity contribution in [2.75, 3.05) is 17.7 Å². The minimum atomic E-state index is -0.537. The first-order chi connectivity index (χ1) is 13.4. The maximum Gasteiger partial charge on any atom is 0.289 e. The lowest BCUT2D eigenvalue weighted by Gasteiger charge is -2.13. The molecular formula is C19H17N3O5S. The quantitative estimate of drug-likeness (QED) is 0.735. The summed E-state index contributed by atoms with van der Waals surface area (Å²) >= 11 is 0.994. The molecule has 0 unspecified atom stereocenters. The second-order valence-electron chi connectivity index (χ2n) is 5.96. The Bertz CT molecular complexity index is 896. The summed E-state index contributed by atoms with van der Waals surface area (Å²) in [5.74, 6) is -0.474. The number of carbonyl (C=O) groups excluding carboxylic acids is 4. The Hall–Kier alpha value is -3.33. The van der Waals surface area contributed by atoms with E-state index < -0.39 is 5.91 Å². The number of benzene rings is 2. The molecule has 1 fully saturated rings. The summed E-state index contributed by atoms with van der Waals surface area (Å²) in [7, 11) is 0. The van der Waals surface area contributed by atoms with Crippen LogP contribution in [0.3, 0.4) is 0 Å². The summed E-state index contributed by atoms with van der Waals surface area (Å²) in [4.78, 5) is 47.5. The second-order valence-corrected chi connectivity index (χ2v) is 6.88. The molecule has 0 bridgehead atoms. The van der Waals surface area contributed by atoms with E-state index in [4.69, 9.17) is 10.5 Å². The summed E-state index contributed by atoms with van der Waals surface area (Å²) in [6.45, 7) is 0.00891. The van der Waals surface area contributed by atoms with E-state index in [1.165, 1.54) is 17.0 Å². The van der Waals surface area contributed by atoms with Gasteiger partial charge in [0, 0.05) is 11.3 Å². The van der Waals surface area contributed by atoms with Crippen molar-refractivity contribution in [1.82, 2.24) is 4.90 Å². The van der Waals surface area contributed by atoms with Gasteiger partial charge in [0.2, 0.25) is 11.8 Å². The zero-order valence-corrected chi connectivity index (χ0v) is 15.5. The molecule has 28 heavy (non-hydrogen) atoms. The summed E-state index contributed by atoms with van der Waals surface area (Å²) in [6.07, 6.45) is 0. The minimum absolute atomic E-state index is 0.179. The number of nitrogens with one attached hydrogen (secondary N) is 1. The molecule has 8 nitrogen and oxygen atoms in total. The minimum Gasteiger partial charge on any atom is -0.484 e. The average Bonchev–Trinajstić information content (AvgIpc) is 3.00. The number of nitrogens with zero attached hydrogens (tertiary/aromatic N) is 1. The van der Waals surface area contributed by atoms with Crippen molar-refractivity contribution in [3.63, 3.8) is 0 Å². The van der Waals surface area contributed by atoms with Crippen molar-refractivity contribution in [1.29, 1.82) is 0 Å². The fraction of sp³-hybridized carbons (Fsp3) is 0.158. The first-order valence-electron chi connectivity index (χ1n) is 8.31. The molecule has 9 heteroatoms. The Balaban J connectivity index is 1.49. The number of primary amides is 1. The molecule has 0 atom stereocenters. The molecule has 0 saturated carbocycles. The number of nitrogens with two attached hydrogens (primary N) is 1. The Morgan fingerprint density at radius 1 is 1.07 bits per heavy atom. The number of imide groups is 1. The molecule has 0 spiro atoms. The zero-order valence-electron chi connectivity index (χ0n) is 14.7. The Labute approximate surface area is 165 Å². The van der Waals surface area contributed by atoms with E-state index in [-0.39, 0.29) is 36.0 Å². The van der Waals surface area contributed by atoms with Crippen LogP contribution < -0.4 is 15.8 Å². The van der Waals surface area contributed by atoms with Crippen LogP contribution in [0.5, 0.6) is 5.75 Å². The number of hydrogen-bond donors (Lipinski definition) is 2. The predicted octanol–water partition coefficient (Wildman–Crippen LogP) is 2.00. The standard InChI is InChI=1S/C19H17N3O5S/c20-18(25)13-3-7-15(8-4-13)27-10-16(23)21-14-5-1-12(2-6-14)9-22-17(24)11-28-19(22)26/h1-8H,9-11H2,(H2,20,25)(H,21,23). The summed E-state index contributed by atoms with van der Waals surface area (Å²) in [5, 5.41) is 2.44. The topological polar surface area (TPSA) is 119 Å². The van der Waals surface area contributed by atoms with E-state index in [1.54, 1.807) is 36.4 Å². The Morgan fingerprint density at radius 2 is 1.75 bits per heavy atom. The van der Waals surface area contributed by atoms with E-state index in [0.717, 1.165) is 17.3 Å². The maximum atomic E-state index is 12.0. The van der Waals surface area contributed by atoms with Crippen molar-refractivity contribution in [2.24, 2.45) is 5.73 Å². The summed E-state index contributed by atoms with van der Waals surface area (Å²) in [5.41, 5.74) is 6.87. The van der Waals surface area contributed by atoms with Gasteiger partial charge < -0.3 is 15.8 Å². The number of carbonyl (C=O) groups is 4. The predicted molar refractivity (Wildman–Crippen MR) is 104 cm³/mol. The van der Waals surface area contributed by atoms with Crippen molar-refractivity contribution in [3.05, 3.63) is 59.7 Å². The molecule has 2 aromatic rings. The third-order valence-corrected chi connectivity index (χ3v) is 4.79. The van der Waals surface area contributed by atoms with Gasteiger partial charge in [-0.2, -0.15) is 0 Å². The van der Waals surface area contributed by atoms with Crippen LogP contribution in [0.1, 0.15) is 15.9 Å². The molecule has 3 rings (SSSR count). The molecule has 1 heterocycles. The fourth-order valence-corrected chi connectivity index (χ4v) is 3.20. The Morgan fingerprint density at radius 3 is 2.32 bits per heavy atom. The van der Waals surface area contributed by atoms with Gasteiger partial charge in [-0.25, -0.2) is 0 Å². The smallest absolute Gasteiger partial charge is 0.289 e. The third kappa shape index (κ3) is 4.89. The molecule has 4 amide bonds. The number of hydrogen-bond acceptors (Lipinski definition) is 6. The van der Waals surface area contributed by atoms with Crippen molar-refractivity contribution >= 4 is 40.4 Å². The molecule has 3 N–H and O–H groups in total. The molecule has 144 valence electrons.